The van der Waals surface area contributed by atoms with Gasteiger partial charge in [-0.25, -0.2) is 0 Å². The molecule has 12 heavy (non-hydrogen) atoms. The summed E-state index contributed by atoms with van der Waals surface area (Å²) in [6.07, 6.45) is 14.7. The molecule has 62 valence electrons. The van der Waals surface area contributed by atoms with Gasteiger partial charge >= 0.3 is 0 Å². The first kappa shape index (κ1) is 8.60. The Labute approximate surface area is 73.3 Å². The molecule has 0 fully saturated rings. The van der Waals surface area contributed by atoms with Crippen LogP contribution in [0.1, 0.15) is 6.42 Å². The van der Waals surface area contributed by atoms with Crippen LogP contribution < -0.4 is 5.73 Å². The lowest BCUT2D eigenvalue weighted by Gasteiger charge is -1.98. The summed E-state index contributed by atoms with van der Waals surface area (Å²) in [5, 5.41) is 0. The normalized spacial score (nSPS) is 30.0. The Morgan fingerprint density at radius 2 is 1.92 bits per heavy atom. The Hall–Kier alpha value is -1.50. The van der Waals surface area contributed by atoms with Gasteiger partial charge in [0.2, 0.25) is 0 Å². The molecule has 0 aliphatic heterocycles. The summed E-state index contributed by atoms with van der Waals surface area (Å²) in [5.74, 6) is 0. The molecule has 0 unspecified atom stereocenters. The highest BCUT2D eigenvalue weighted by atomic mass is 14.6. The number of hydrogen-bond donors (Lipinski definition) is 1. The van der Waals surface area contributed by atoms with Gasteiger partial charge in [-0.15, -0.1) is 0 Å². The highest BCUT2D eigenvalue weighted by Gasteiger charge is 1.89. The van der Waals surface area contributed by atoms with Gasteiger partial charge in [-0.05, 0) is 18.1 Å². The maximum absolute atomic E-state index is 5.70. The minimum atomic E-state index is 0.720. The van der Waals surface area contributed by atoms with E-state index < -0.39 is 0 Å². The van der Waals surface area contributed by atoms with E-state index in [0.29, 0.717) is 0 Å². The van der Waals surface area contributed by atoms with Crippen molar-refractivity contribution in [1.29, 1.82) is 0 Å². The lowest BCUT2D eigenvalue weighted by atomic mass is 10.1. The topological polar surface area (TPSA) is 26.0 Å². The van der Waals surface area contributed by atoms with Crippen molar-refractivity contribution in [2.24, 2.45) is 5.73 Å². The average Bonchev–Trinajstić information content (AvgIpc) is 2.08. The van der Waals surface area contributed by atoms with E-state index in [9.17, 15) is 0 Å². The molecule has 1 aliphatic rings. The van der Waals surface area contributed by atoms with Crippen LogP contribution in [0, 0.1) is 0 Å². The van der Waals surface area contributed by atoms with Gasteiger partial charge in [0, 0.05) is 5.70 Å². The smallest absolute Gasteiger partial charge is 0.0381 e. The van der Waals surface area contributed by atoms with E-state index in [-0.39, 0.29) is 0 Å². The Bertz CT molecular complexity index is 277. The lowest BCUT2D eigenvalue weighted by Crippen LogP contribution is -1.97. The second-order valence-electron chi connectivity index (χ2n) is 2.60. The van der Waals surface area contributed by atoms with Crippen molar-refractivity contribution in [1.82, 2.24) is 0 Å². The van der Waals surface area contributed by atoms with Gasteiger partial charge in [0.25, 0.3) is 0 Å². The zero-order chi connectivity index (χ0) is 8.81. The van der Waals surface area contributed by atoms with Crippen molar-refractivity contribution in [3.8, 4) is 0 Å². The van der Waals surface area contributed by atoms with Crippen LogP contribution in [-0.4, -0.2) is 0 Å². The fourth-order valence-electron chi connectivity index (χ4n) is 0.861. The predicted octanol–water partition coefficient (Wildman–Crippen LogP) is 2.46. The molecule has 0 amide bonds. The summed E-state index contributed by atoms with van der Waals surface area (Å²) in [7, 11) is 0. The quantitative estimate of drug-likeness (QED) is 0.577. The van der Waals surface area contributed by atoms with E-state index in [2.05, 4.69) is 18.7 Å². The van der Waals surface area contributed by atoms with Gasteiger partial charge in [-0.2, -0.15) is 0 Å². The summed E-state index contributed by atoms with van der Waals surface area (Å²) in [6.45, 7) is 3.82. The molecule has 0 heterocycles. The first-order valence-corrected chi connectivity index (χ1v) is 3.95. The van der Waals surface area contributed by atoms with Gasteiger partial charge < -0.3 is 5.73 Å². The van der Waals surface area contributed by atoms with E-state index in [0.717, 1.165) is 17.7 Å². The molecule has 0 aromatic heterocycles. The minimum absolute atomic E-state index is 0.720. The third-order valence-corrected chi connectivity index (χ3v) is 1.60. The Morgan fingerprint density at radius 3 is 2.75 bits per heavy atom. The van der Waals surface area contributed by atoms with E-state index in [4.69, 9.17) is 5.73 Å². The van der Waals surface area contributed by atoms with E-state index in [1.165, 1.54) is 0 Å². The van der Waals surface area contributed by atoms with E-state index in [1.54, 1.807) is 0 Å². The van der Waals surface area contributed by atoms with Gasteiger partial charge in [0.05, 0.1) is 0 Å². The largest absolute Gasteiger partial charge is 0.398 e. The molecule has 1 nitrogen and oxygen atoms in total. The molecule has 0 spiro atoms. The van der Waals surface area contributed by atoms with Gasteiger partial charge in [-0.3, -0.25) is 0 Å². The monoisotopic (exact) mass is 159 g/mol. The second kappa shape index (κ2) is 4.39. The van der Waals surface area contributed by atoms with Crippen LogP contribution in [0.5, 0.6) is 0 Å². The SMILES string of the molecule is C=C1/C=C\C=C/C/C=C\C=C/1N. The fourth-order valence-corrected chi connectivity index (χ4v) is 0.861. The van der Waals surface area contributed by atoms with Gasteiger partial charge in [-0.1, -0.05) is 43.0 Å². The predicted molar refractivity (Wildman–Crippen MR) is 53.4 cm³/mol. The van der Waals surface area contributed by atoms with E-state index in [1.807, 2.05) is 30.4 Å². The summed E-state index contributed by atoms with van der Waals surface area (Å²) in [5.41, 5.74) is 7.28. The molecule has 0 aromatic rings. The summed E-state index contributed by atoms with van der Waals surface area (Å²) in [6, 6.07) is 0. The van der Waals surface area contributed by atoms with Gasteiger partial charge in [0.1, 0.15) is 0 Å². The standard InChI is InChI=1S/C11H13N/c1-10-8-6-4-2-3-5-7-9-11(10)12/h2,4-9H,1,3,12H2/b4-2-,7-5-,8-6-,11-9+. The van der Waals surface area contributed by atoms with Crippen LogP contribution in [0.4, 0.5) is 0 Å². The molecule has 1 heteroatoms. The van der Waals surface area contributed by atoms with Crippen molar-refractivity contribution < 1.29 is 0 Å². The Kier molecular flexibility index (Phi) is 3.15. The van der Waals surface area contributed by atoms with Crippen LogP contribution in [0.3, 0.4) is 0 Å². The van der Waals surface area contributed by atoms with Crippen LogP contribution >= 0.6 is 0 Å². The molecule has 0 aromatic carbocycles. The molecule has 0 radical (unpaired) electrons. The van der Waals surface area contributed by atoms with Crippen molar-refractivity contribution in [2.75, 3.05) is 0 Å². The van der Waals surface area contributed by atoms with Crippen molar-refractivity contribution in [3.05, 3.63) is 60.4 Å². The first-order valence-electron chi connectivity index (χ1n) is 3.95. The highest BCUT2D eigenvalue weighted by molar-refractivity contribution is 5.38. The van der Waals surface area contributed by atoms with Crippen molar-refractivity contribution >= 4 is 0 Å². The minimum Gasteiger partial charge on any atom is -0.398 e. The van der Waals surface area contributed by atoms with E-state index >= 15 is 0 Å². The van der Waals surface area contributed by atoms with Crippen LogP contribution in [0.25, 0.3) is 0 Å². The zero-order valence-electron chi connectivity index (χ0n) is 7.03. The first-order chi connectivity index (χ1) is 5.80. The van der Waals surface area contributed by atoms with Crippen LogP contribution in [-0.2, 0) is 0 Å². The van der Waals surface area contributed by atoms with Gasteiger partial charge in [0.15, 0.2) is 0 Å². The van der Waals surface area contributed by atoms with Crippen LogP contribution in [0.15, 0.2) is 60.4 Å². The molecule has 1 rings (SSSR count). The molecule has 0 saturated carbocycles. The molecule has 1 aliphatic carbocycles. The molecule has 0 bridgehead atoms. The molecular weight excluding hydrogens is 146 g/mol. The summed E-state index contributed by atoms with van der Waals surface area (Å²) < 4.78 is 0. The number of allylic oxidation sites excluding steroid dienone is 7. The molecular formula is C11H13N. The lowest BCUT2D eigenvalue weighted by molar-refractivity contribution is 1.34. The Morgan fingerprint density at radius 1 is 1.17 bits per heavy atom. The molecule has 0 saturated heterocycles. The zero-order valence-corrected chi connectivity index (χ0v) is 7.03. The molecule has 0 atom stereocenters. The van der Waals surface area contributed by atoms with Crippen molar-refractivity contribution in [3.63, 3.8) is 0 Å². The van der Waals surface area contributed by atoms with Crippen molar-refractivity contribution in [2.45, 2.75) is 6.42 Å². The van der Waals surface area contributed by atoms with Crippen LogP contribution in [0.2, 0.25) is 0 Å². The fraction of sp³-hybridized carbons (Fsp3) is 0.0909. The summed E-state index contributed by atoms with van der Waals surface area (Å²) >= 11 is 0. The number of rotatable bonds is 0. The summed E-state index contributed by atoms with van der Waals surface area (Å²) in [4.78, 5) is 0. The maximum atomic E-state index is 5.70. The average molecular weight is 159 g/mol. The third-order valence-electron chi connectivity index (χ3n) is 1.60. The Balaban J connectivity index is 2.83. The number of hydrogen-bond acceptors (Lipinski definition) is 1. The highest BCUT2D eigenvalue weighted by Crippen LogP contribution is 2.04. The maximum Gasteiger partial charge on any atom is 0.0381 e. The third kappa shape index (κ3) is 2.62. The second-order valence-corrected chi connectivity index (χ2v) is 2.60. The number of nitrogens with two attached hydrogens (primary N) is 1. The molecule has 2 N–H and O–H groups in total.